The molecule has 0 aliphatic heterocycles. The minimum absolute atomic E-state index is 0.145. The first-order valence-electron chi connectivity index (χ1n) is 8.97. The standard InChI is InChI=1S/C22H29O2P/c1-7-8-11-24-19-9-10-20(15(3)13-19)25-22(23)21-16(4)12-14(2)17(5)18(21)6/h9-10,12-13,25H,7-8,11H2,1-6H3. The number of hydrogen-bond donors (Lipinski definition) is 0. The van der Waals surface area contributed by atoms with Crippen molar-refractivity contribution in [2.24, 2.45) is 0 Å². The van der Waals surface area contributed by atoms with Crippen molar-refractivity contribution in [3.8, 4) is 5.75 Å². The molecular weight excluding hydrogens is 327 g/mol. The van der Waals surface area contributed by atoms with E-state index in [1.807, 2.05) is 25.1 Å². The third kappa shape index (κ3) is 4.70. The fourth-order valence-corrected chi connectivity index (χ4v) is 4.21. The molecule has 0 aromatic heterocycles. The second-order valence-corrected chi connectivity index (χ2v) is 8.01. The van der Waals surface area contributed by atoms with Crippen LogP contribution in [-0.4, -0.2) is 12.1 Å². The molecule has 0 saturated heterocycles. The van der Waals surface area contributed by atoms with Crippen molar-refractivity contribution in [3.63, 3.8) is 0 Å². The Labute approximate surface area is 153 Å². The third-order valence-corrected chi connectivity index (χ3v) is 6.10. The number of rotatable bonds is 7. The number of ether oxygens (including phenoxy) is 1. The van der Waals surface area contributed by atoms with Crippen LogP contribution in [0.5, 0.6) is 5.75 Å². The van der Waals surface area contributed by atoms with E-state index in [1.165, 1.54) is 11.1 Å². The van der Waals surface area contributed by atoms with Crippen LogP contribution in [0.3, 0.4) is 0 Å². The molecule has 0 heterocycles. The first-order valence-corrected chi connectivity index (χ1v) is 9.97. The van der Waals surface area contributed by atoms with Crippen LogP contribution in [0.25, 0.3) is 0 Å². The van der Waals surface area contributed by atoms with Crippen molar-refractivity contribution in [1.82, 2.24) is 0 Å². The fraction of sp³-hybridized carbons (Fsp3) is 0.409. The Kier molecular flexibility index (Phi) is 6.79. The van der Waals surface area contributed by atoms with Gasteiger partial charge in [-0.3, -0.25) is 4.79 Å². The molecule has 134 valence electrons. The summed E-state index contributed by atoms with van der Waals surface area (Å²) in [6.07, 6.45) is 2.19. The van der Waals surface area contributed by atoms with Gasteiger partial charge in [-0.05, 0) is 94.9 Å². The summed E-state index contributed by atoms with van der Waals surface area (Å²) in [5, 5.41) is 1.10. The van der Waals surface area contributed by atoms with Gasteiger partial charge in [-0.15, -0.1) is 0 Å². The third-order valence-electron chi connectivity index (χ3n) is 4.80. The molecule has 0 saturated carbocycles. The smallest absolute Gasteiger partial charge is 0.186 e. The lowest BCUT2D eigenvalue weighted by Gasteiger charge is -2.15. The summed E-state index contributed by atoms with van der Waals surface area (Å²) >= 11 is 0. The van der Waals surface area contributed by atoms with Crippen molar-refractivity contribution in [1.29, 1.82) is 0 Å². The summed E-state index contributed by atoms with van der Waals surface area (Å²) in [5.41, 5.74) is 6.90. The van der Waals surface area contributed by atoms with Gasteiger partial charge >= 0.3 is 0 Å². The van der Waals surface area contributed by atoms with Gasteiger partial charge in [0.05, 0.1) is 6.61 Å². The number of benzene rings is 2. The van der Waals surface area contributed by atoms with Crippen molar-refractivity contribution in [2.45, 2.75) is 54.4 Å². The van der Waals surface area contributed by atoms with Crippen LogP contribution in [0, 0.1) is 34.6 Å². The van der Waals surface area contributed by atoms with Gasteiger partial charge in [-0.2, -0.15) is 0 Å². The lowest BCUT2D eigenvalue weighted by atomic mass is 9.95. The van der Waals surface area contributed by atoms with Crippen molar-refractivity contribution in [3.05, 3.63) is 57.6 Å². The van der Waals surface area contributed by atoms with Crippen LogP contribution >= 0.6 is 8.58 Å². The second-order valence-electron chi connectivity index (χ2n) is 6.77. The Morgan fingerprint density at radius 1 is 0.960 bits per heavy atom. The maximum Gasteiger partial charge on any atom is 0.186 e. The molecule has 2 aromatic carbocycles. The van der Waals surface area contributed by atoms with Crippen LogP contribution in [0.4, 0.5) is 0 Å². The zero-order valence-corrected chi connectivity index (χ0v) is 17.2. The van der Waals surface area contributed by atoms with E-state index in [0.717, 1.165) is 52.8 Å². The normalized spacial score (nSPS) is 11.3. The molecule has 2 nitrogen and oxygen atoms in total. The summed E-state index contributed by atoms with van der Waals surface area (Å²) < 4.78 is 5.76. The first-order chi connectivity index (χ1) is 11.8. The van der Waals surface area contributed by atoms with Crippen LogP contribution in [-0.2, 0) is 0 Å². The molecule has 0 amide bonds. The summed E-state index contributed by atoms with van der Waals surface area (Å²) in [5.74, 6) is 0.894. The van der Waals surface area contributed by atoms with E-state index in [4.69, 9.17) is 4.74 Å². The van der Waals surface area contributed by atoms with Gasteiger partial charge in [0.15, 0.2) is 5.52 Å². The van der Waals surface area contributed by atoms with E-state index in [1.54, 1.807) is 0 Å². The van der Waals surface area contributed by atoms with Crippen LogP contribution in [0.15, 0.2) is 24.3 Å². The van der Waals surface area contributed by atoms with E-state index in [0.29, 0.717) is 0 Å². The maximum absolute atomic E-state index is 12.9. The van der Waals surface area contributed by atoms with E-state index >= 15 is 0 Å². The average Bonchev–Trinajstić information content (AvgIpc) is 2.55. The highest BCUT2D eigenvalue weighted by Crippen LogP contribution is 2.29. The predicted molar refractivity (Wildman–Crippen MR) is 109 cm³/mol. The Hall–Kier alpha value is -1.66. The van der Waals surface area contributed by atoms with Crippen LogP contribution in [0.2, 0.25) is 0 Å². The minimum Gasteiger partial charge on any atom is -0.494 e. The van der Waals surface area contributed by atoms with Crippen molar-refractivity contribution < 1.29 is 9.53 Å². The van der Waals surface area contributed by atoms with E-state index < -0.39 is 0 Å². The van der Waals surface area contributed by atoms with E-state index in [9.17, 15) is 4.79 Å². The predicted octanol–water partition coefficient (Wildman–Crippen LogP) is 5.55. The monoisotopic (exact) mass is 356 g/mol. The number of carbonyl (C=O) groups is 1. The Bertz CT molecular complexity index is 778. The lowest BCUT2D eigenvalue weighted by molar-refractivity contribution is 0.108. The molecule has 25 heavy (non-hydrogen) atoms. The largest absolute Gasteiger partial charge is 0.494 e. The highest BCUT2D eigenvalue weighted by atomic mass is 31.1. The molecule has 0 N–H and O–H groups in total. The van der Waals surface area contributed by atoms with E-state index in [-0.39, 0.29) is 14.1 Å². The maximum atomic E-state index is 12.9. The molecule has 0 aliphatic rings. The molecule has 0 bridgehead atoms. The zero-order chi connectivity index (χ0) is 18.6. The highest BCUT2D eigenvalue weighted by Gasteiger charge is 2.16. The van der Waals surface area contributed by atoms with Gasteiger partial charge in [0.2, 0.25) is 0 Å². The number of hydrogen-bond acceptors (Lipinski definition) is 2. The first kappa shape index (κ1) is 19.7. The molecule has 0 fully saturated rings. The fourth-order valence-electron chi connectivity index (χ4n) is 3.02. The quantitative estimate of drug-likeness (QED) is 0.480. The van der Waals surface area contributed by atoms with Gasteiger partial charge in [-0.25, -0.2) is 0 Å². The number of unbranched alkanes of at least 4 members (excludes halogenated alkanes) is 1. The van der Waals surface area contributed by atoms with Gasteiger partial charge in [0.1, 0.15) is 5.75 Å². The Morgan fingerprint density at radius 3 is 2.32 bits per heavy atom. The van der Waals surface area contributed by atoms with Crippen LogP contribution < -0.4 is 10.0 Å². The number of aryl methyl sites for hydroxylation is 3. The minimum atomic E-state index is 0.145. The average molecular weight is 356 g/mol. The van der Waals surface area contributed by atoms with Crippen molar-refractivity contribution in [2.75, 3.05) is 6.61 Å². The molecule has 2 rings (SSSR count). The molecular formula is C22H29O2P. The summed E-state index contributed by atoms with van der Waals surface area (Å²) in [4.78, 5) is 12.9. The van der Waals surface area contributed by atoms with Crippen LogP contribution in [0.1, 0.15) is 57.9 Å². The Balaban J connectivity index is 2.20. The van der Waals surface area contributed by atoms with Gasteiger partial charge < -0.3 is 4.74 Å². The second kappa shape index (κ2) is 8.63. The van der Waals surface area contributed by atoms with Gasteiger partial charge in [-0.1, -0.05) is 25.5 Å². The zero-order valence-electron chi connectivity index (χ0n) is 16.2. The molecule has 0 aliphatic carbocycles. The molecule has 3 heteroatoms. The molecule has 1 unspecified atom stereocenters. The van der Waals surface area contributed by atoms with Gasteiger partial charge in [0.25, 0.3) is 0 Å². The Morgan fingerprint density at radius 2 is 1.68 bits per heavy atom. The SMILES string of the molecule is CCCCOc1ccc(PC(=O)c2c(C)cc(C)c(C)c2C)c(C)c1. The lowest BCUT2D eigenvalue weighted by Crippen LogP contribution is -2.09. The molecule has 2 aromatic rings. The molecule has 0 radical (unpaired) electrons. The summed E-state index contributed by atoms with van der Waals surface area (Å²) in [6, 6.07) is 8.19. The van der Waals surface area contributed by atoms with Crippen molar-refractivity contribution >= 4 is 19.4 Å². The molecule has 0 spiro atoms. The van der Waals surface area contributed by atoms with E-state index in [2.05, 4.69) is 40.7 Å². The topological polar surface area (TPSA) is 26.3 Å². The highest BCUT2D eigenvalue weighted by molar-refractivity contribution is 7.66. The number of carbonyl (C=O) groups excluding carboxylic acids is 1. The molecule has 1 atom stereocenters. The summed E-state index contributed by atoms with van der Waals surface area (Å²) in [7, 11) is 0.145. The summed E-state index contributed by atoms with van der Waals surface area (Å²) in [6.45, 7) is 13.3. The van der Waals surface area contributed by atoms with Gasteiger partial charge in [0, 0.05) is 5.56 Å².